The summed E-state index contributed by atoms with van der Waals surface area (Å²) in [7, 11) is 0. The fraction of sp³-hybridized carbons (Fsp3) is 0.250. The Kier molecular flexibility index (Phi) is 11.1. The van der Waals surface area contributed by atoms with Gasteiger partial charge >= 0.3 is 18.0 Å². The number of rotatable bonds is 11. The number of imide groups is 1. The number of hydrogen-bond acceptors (Lipinski definition) is 7. The number of amides is 4. The zero-order valence-corrected chi connectivity index (χ0v) is 23.0. The van der Waals surface area contributed by atoms with Crippen molar-refractivity contribution in [2.24, 2.45) is 0 Å². The van der Waals surface area contributed by atoms with E-state index in [1.807, 2.05) is 0 Å². The van der Waals surface area contributed by atoms with Crippen LogP contribution in [0.1, 0.15) is 42.3 Å². The van der Waals surface area contributed by atoms with Crippen molar-refractivity contribution in [3.8, 4) is 5.75 Å². The molecule has 10 nitrogen and oxygen atoms in total. The van der Waals surface area contributed by atoms with E-state index in [0.717, 1.165) is 10.5 Å². The van der Waals surface area contributed by atoms with Gasteiger partial charge in [0.15, 0.2) is 11.6 Å². The van der Waals surface area contributed by atoms with Gasteiger partial charge in [-0.2, -0.15) is 0 Å². The monoisotopic (exact) mass is 571 g/mol. The molecule has 0 unspecified atom stereocenters. The third kappa shape index (κ3) is 8.85. The minimum absolute atomic E-state index is 0.0911. The first-order valence-corrected chi connectivity index (χ1v) is 12.9. The van der Waals surface area contributed by atoms with Gasteiger partial charge in [-0.1, -0.05) is 41.9 Å². The maximum atomic E-state index is 14.3. The standard InChI is InChI=1S/C28H31ClFN5O5/c1-4-39-26(36)23-8-6-5-7-20(23)17-35(27(37)31-16-19-9-11-21(29)12-10-19)28(38)33-34-32-22-13-14-25(24(30)15-22)40-18(2)3/h5-15,18,32,34H,4,16-17H2,1-3H3,(H,31,37)(H,33,38). The summed E-state index contributed by atoms with van der Waals surface area (Å²) in [6.45, 7) is 5.29. The molecule has 0 bridgehead atoms. The number of carbonyl (C=O) groups is 3. The van der Waals surface area contributed by atoms with Gasteiger partial charge in [0.05, 0.1) is 30.5 Å². The Bertz CT molecular complexity index is 1320. The lowest BCUT2D eigenvalue weighted by Gasteiger charge is -2.23. The minimum Gasteiger partial charge on any atom is -0.488 e. The van der Waals surface area contributed by atoms with Gasteiger partial charge in [0.1, 0.15) is 0 Å². The quantitative estimate of drug-likeness (QED) is 0.180. The number of esters is 1. The normalized spacial score (nSPS) is 10.6. The van der Waals surface area contributed by atoms with Crippen LogP contribution in [0.3, 0.4) is 0 Å². The summed E-state index contributed by atoms with van der Waals surface area (Å²) in [6.07, 6.45) is -0.198. The molecule has 0 saturated carbocycles. The summed E-state index contributed by atoms with van der Waals surface area (Å²) in [5.41, 5.74) is 9.13. The molecule has 0 saturated heterocycles. The van der Waals surface area contributed by atoms with E-state index in [4.69, 9.17) is 21.1 Å². The Morgan fingerprint density at radius 2 is 1.73 bits per heavy atom. The lowest BCUT2D eigenvalue weighted by molar-refractivity contribution is 0.0524. The molecule has 3 rings (SSSR count). The highest BCUT2D eigenvalue weighted by Crippen LogP contribution is 2.22. The maximum absolute atomic E-state index is 14.3. The van der Waals surface area contributed by atoms with Crippen LogP contribution in [-0.4, -0.2) is 35.6 Å². The maximum Gasteiger partial charge on any atom is 0.341 e. The molecule has 0 radical (unpaired) electrons. The van der Waals surface area contributed by atoms with Gasteiger partial charge in [0.2, 0.25) is 0 Å². The first-order chi connectivity index (χ1) is 19.2. The first-order valence-electron chi connectivity index (χ1n) is 12.5. The van der Waals surface area contributed by atoms with E-state index in [0.29, 0.717) is 16.3 Å². The number of urea groups is 2. The zero-order chi connectivity index (χ0) is 29.1. The fourth-order valence-electron chi connectivity index (χ4n) is 3.50. The van der Waals surface area contributed by atoms with Crippen LogP contribution in [0.4, 0.5) is 19.7 Å². The Hall–Kier alpha value is -4.35. The lowest BCUT2D eigenvalue weighted by atomic mass is 10.1. The fourth-order valence-corrected chi connectivity index (χ4v) is 3.63. The van der Waals surface area contributed by atoms with E-state index < -0.39 is 23.8 Å². The first kappa shape index (κ1) is 30.2. The molecule has 0 spiro atoms. The number of carbonyl (C=O) groups excluding carboxylic acids is 3. The molecule has 40 heavy (non-hydrogen) atoms. The van der Waals surface area contributed by atoms with Gasteiger partial charge < -0.3 is 20.2 Å². The molecule has 3 aromatic rings. The molecule has 0 atom stereocenters. The largest absolute Gasteiger partial charge is 0.488 e. The molecule has 0 heterocycles. The zero-order valence-electron chi connectivity index (χ0n) is 22.3. The highest BCUT2D eigenvalue weighted by Gasteiger charge is 2.24. The Labute approximate surface area is 236 Å². The molecule has 12 heteroatoms. The summed E-state index contributed by atoms with van der Waals surface area (Å²) < 4.78 is 24.8. The summed E-state index contributed by atoms with van der Waals surface area (Å²) in [5, 5.41) is 3.23. The Morgan fingerprint density at radius 1 is 1.00 bits per heavy atom. The molecule has 4 amide bonds. The Morgan fingerprint density at radius 3 is 2.40 bits per heavy atom. The summed E-state index contributed by atoms with van der Waals surface area (Å²) in [4.78, 5) is 39.6. The third-order valence-electron chi connectivity index (χ3n) is 5.36. The van der Waals surface area contributed by atoms with Crippen LogP contribution in [0.5, 0.6) is 5.75 Å². The predicted molar refractivity (Wildman–Crippen MR) is 149 cm³/mol. The lowest BCUT2D eigenvalue weighted by Crippen LogP contribution is -2.53. The number of anilines is 1. The molecule has 3 aromatic carbocycles. The summed E-state index contributed by atoms with van der Waals surface area (Å²) in [5.74, 6) is -1.08. The number of ether oxygens (including phenoxy) is 2. The van der Waals surface area contributed by atoms with E-state index in [9.17, 15) is 18.8 Å². The van der Waals surface area contributed by atoms with Gasteiger partial charge in [-0.25, -0.2) is 23.7 Å². The molecule has 0 aliphatic rings. The van der Waals surface area contributed by atoms with Crippen LogP contribution >= 0.6 is 11.6 Å². The number of hydrogen-bond donors (Lipinski definition) is 4. The average molecular weight is 572 g/mol. The van der Waals surface area contributed by atoms with Crippen LogP contribution in [0.15, 0.2) is 66.7 Å². The number of benzene rings is 3. The van der Waals surface area contributed by atoms with Crippen LogP contribution in [0, 0.1) is 5.82 Å². The van der Waals surface area contributed by atoms with E-state index in [1.54, 1.807) is 75.4 Å². The highest BCUT2D eigenvalue weighted by atomic mass is 35.5. The van der Waals surface area contributed by atoms with Crippen LogP contribution in [0.2, 0.25) is 5.02 Å². The molecule has 0 fully saturated rings. The van der Waals surface area contributed by atoms with Crippen molar-refractivity contribution >= 4 is 35.3 Å². The van der Waals surface area contributed by atoms with Crippen molar-refractivity contribution in [2.75, 3.05) is 12.0 Å². The molecule has 0 aliphatic carbocycles. The van der Waals surface area contributed by atoms with Gasteiger partial charge in [-0.05, 0) is 62.2 Å². The van der Waals surface area contributed by atoms with E-state index in [2.05, 4.69) is 21.7 Å². The van der Waals surface area contributed by atoms with E-state index >= 15 is 0 Å². The molecule has 0 aromatic heterocycles. The smallest absolute Gasteiger partial charge is 0.341 e. The highest BCUT2D eigenvalue weighted by molar-refractivity contribution is 6.30. The number of hydrazine groups is 2. The SMILES string of the molecule is CCOC(=O)c1ccccc1CN(C(=O)NCc1ccc(Cl)cc1)C(=O)NNNc1ccc(OC(C)C)c(F)c1. The molecular formula is C28H31ClFN5O5. The number of nitrogens with zero attached hydrogens (tertiary/aromatic N) is 1. The van der Waals surface area contributed by atoms with Crippen LogP contribution < -0.4 is 26.4 Å². The van der Waals surface area contributed by atoms with Crippen molar-refractivity contribution < 1.29 is 28.2 Å². The summed E-state index contributed by atoms with van der Waals surface area (Å²) in [6, 6.07) is 16.0. The molecule has 4 N–H and O–H groups in total. The van der Waals surface area contributed by atoms with E-state index in [-0.39, 0.29) is 37.1 Å². The van der Waals surface area contributed by atoms with Gasteiger partial charge in [-0.3, -0.25) is 5.43 Å². The second kappa shape index (κ2) is 14.7. The van der Waals surface area contributed by atoms with Crippen molar-refractivity contribution in [3.05, 3.63) is 94.3 Å². The van der Waals surface area contributed by atoms with Gasteiger partial charge in [0, 0.05) is 17.6 Å². The van der Waals surface area contributed by atoms with Crippen LogP contribution in [0.25, 0.3) is 0 Å². The minimum atomic E-state index is -0.847. The molecule has 212 valence electrons. The van der Waals surface area contributed by atoms with Gasteiger partial charge in [0.25, 0.3) is 0 Å². The number of halogens is 2. The third-order valence-corrected chi connectivity index (χ3v) is 5.61. The topological polar surface area (TPSA) is 121 Å². The second-order valence-corrected chi connectivity index (χ2v) is 9.18. The predicted octanol–water partition coefficient (Wildman–Crippen LogP) is 5.40. The van der Waals surface area contributed by atoms with Crippen molar-refractivity contribution in [1.29, 1.82) is 0 Å². The second-order valence-electron chi connectivity index (χ2n) is 8.74. The number of nitrogens with one attached hydrogen (secondary N) is 4. The summed E-state index contributed by atoms with van der Waals surface area (Å²) >= 11 is 5.92. The van der Waals surface area contributed by atoms with Crippen LogP contribution in [-0.2, 0) is 17.8 Å². The van der Waals surface area contributed by atoms with Crippen molar-refractivity contribution in [2.45, 2.75) is 40.0 Å². The molecular weight excluding hydrogens is 541 g/mol. The van der Waals surface area contributed by atoms with E-state index in [1.165, 1.54) is 12.1 Å². The molecule has 0 aliphatic heterocycles. The van der Waals surface area contributed by atoms with Crippen molar-refractivity contribution in [1.82, 2.24) is 21.2 Å². The average Bonchev–Trinajstić information content (AvgIpc) is 2.92. The van der Waals surface area contributed by atoms with Crippen molar-refractivity contribution in [3.63, 3.8) is 0 Å². The van der Waals surface area contributed by atoms with Gasteiger partial charge in [-0.15, -0.1) is 5.53 Å². The Balaban J connectivity index is 1.72.